The van der Waals surface area contributed by atoms with E-state index < -0.39 is 11.9 Å². The van der Waals surface area contributed by atoms with Crippen LogP contribution < -0.4 is 14.8 Å². The van der Waals surface area contributed by atoms with E-state index in [0.717, 1.165) is 11.6 Å². The highest BCUT2D eigenvalue weighted by Crippen LogP contribution is 2.30. The van der Waals surface area contributed by atoms with Gasteiger partial charge in [0.2, 0.25) is 0 Å². The van der Waals surface area contributed by atoms with Crippen LogP contribution in [0.1, 0.15) is 30.7 Å². The molecule has 7 heteroatoms. The first-order valence-corrected chi connectivity index (χ1v) is 7.84. The number of hydrogen-bond donors (Lipinski definition) is 1. The molecule has 0 atom stereocenters. The zero-order chi connectivity index (χ0) is 19.0. The summed E-state index contributed by atoms with van der Waals surface area (Å²) in [6, 6.07) is 7.87. The van der Waals surface area contributed by atoms with Crippen molar-refractivity contribution in [3.63, 3.8) is 0 Å². The summed E-state index contributed by atoms with van der Waals surface area (Å²) >= 11 is 0. The van der Waals surface area contributed by atoms with Gasteiger partial charge in [0.15, 0.2) is 11.5 Å². The van der Waals surface area contributed by atoms with E-state index in [1.165, 1.54) is 14.2 Å². The molecule has 4 nitrogen and oxygen atoms in total. The van der Waals surface area contributed by atoms with Crippen molar-refractivity contribution < 1.29 is 22.6 Å². The summed E-state index contributed by atoms with van der Waals surface area (Å²) < 4.78 is 48.7. The van der Waals surface area contributed by atoms with E-state index in [4.69, 9.17) is 9.47 Å². The van der Waals surface area contributed by atoms with Gasteiger partial charge in [-0.3, -0.25) is 0 Å². The van der Waals surface area contributed by atoms with E-state index in [-0.39, 0.29) is 5.82 Å². The van der Waals surface area contributed by atoms with E-state index in [0.29, 0.717) is 23.6 Å². The molecule has 138 valence electrons. The number of alkyl halides is 3. The van der Waals surface area contributed by atoms with Crippen LogP contribution in [0.15, 0.2) is 30.3 Å². The Bertz CT molecular complexity index is 689. The van der Waals surface area contributed by atoms with Crippen molar-refractivity contribution in [2.75, 3.05) is 19.5 Å². The Morgan fingerprint density at radius 3 is 2.20 bits per heavy atom. The van der Waals surface area contributed by atoms with Gasteiger partial charge in [0, 0.05) is 6.54 Å². The largest absolute Gasteiger partial charge is 0.493 e. The number of pyridine rings is 1. The first-order chi connectivity index (χ1) is 11.8. The number of methoxy groups -OCH3 is 2. The predicted molar refractivity (Wildman–Crippen MR) is 92.2 cm³/mol. The maximum absolute atomic E-state index is 12.8. The molecule has 0 unspecified atom stereocenters. The van der Waals surface area contributed by atoms with Gasteiger partial charge >= 0.3 is 6.18 Å². The fourth-order valence-corrected chi connectivity index (χ4v) is 2.09. The van der Waals surface area contributed by atoms with Crippen LogP contribution in [0.3, 0.4) is 0 Å². The lowest BCUT2D eigenvalue weighted by Gasteiger charge is -2.12. The standard InChI is InChI=1S/C16H17F3N2O2.C2H6/c1-10-6-14(16(17,18)19)21-15(7-10)20-9-11-4-5-12(22-2)13(8-11)23-3;1-2/h4-8H,9H2,1-3H3,(H,20,21);1-2H3. The summed E-state index contributed by atoms with van der Waals surface area (Å²) in [5, 5.41) is 2.90. The van der Waals surface area contributed by atoms with Crippen molar-refractivity contribution in [3.8, 4) is 11.5 Å². The molecule has 1 aromatic heterocycles. The number of nitrogens with zero attached hydrogens (tertiary/aromatic N) is 1. The van der Waals surface area contributed by atoms with Crippen LogP contribution in [0.5, 0.6) is 11.5 Å². The topological polar surface area (TPSA) is 43.4 Å². The van der Waals surface area contributed by atoms with E-state index in [9.17, 15) is 13.2 Å². The normalized spacial score (nSPS) is 10.6. The highest BCUT2D eigenvalue weighted by atomic mass is 19.4. The lowest BCUT2D eigenvalue weighted by molar-refractivity contribution is -0.141. The highest BCUT2D eigenvalue weighted by molar-refractivity contribution is 5.45. The molecule has 0 aliphatic carbocycles. The Morgan fingerprint density at radius 1 is 1.00 bits per heavy atom. The number of hydrogen-bond acceptors (Lipinski definition) is 4. The van der Waals surface area contributed by atoms with E-state index in [2.05, 4.69) is 10.3 Å². The van der Waals surface area contributed by atoms with Crippen LogP contribution in [0.25, 0.3) is 0 Å². The van der Waals surface area contributed by atoms with Crippen LogP contribution in [-0.2, 0) is 12.7 Å². The smallest absolute Gasteiger partial charge is 0.433 e. The van der Waals surface area contributed by atoms with Crippen LogP contribution in [-0.4, -0.2) is 19.2 Å². The molecule has 2 rings (SSSR count). The molecular weight excluding hydrogens is 333 g/mol. The number of aryl methyl sites for hydroxylation is 1. The van der Waals surface area contributed by atoms with Gasteiger partial charge in [-0.25, -0.2) is 4.98 Å². The number of anilines is 1. The lowest BCUT2D eigenvalue weighted by atomic mass is 10.2. The molecule has 0 aliphatic heterocycles. The van der Waals surface area contributed by atoms with Gasteiger partial charge in [0.25, 0.3) is 0 Å². The van der Waals surface area contributed by atoms with Gasteiger partial charge in [-0.1, -0.05) is 19.9 Å². The third-order valence-electron chi connectivity index (χ3n) is 3.18. The Labute approximate surface area is 146 Å². The number of aromatic nitrogens is 1. The summed E-state index contributed by atoms with van der Waals surface area (Å²) in [6.07, 6.45) is -4.47. The minimum Gasteiger partial charge on any atom is -0.493 e. The molecule has 0 radical (unpaired) electrons. The summed E-state index contributed by atoms with van der Waals surface area (Å²) in [4.78, 5) is 3.60. The number of benzene rings is 1. The Balaban J connectivity index is 0.00000151. The van der Waals surface area contributed by atoms with E-state index >= 15 is 0 Å². The van der Waals surface area contributed by atoms with Gasteiger partial charge in [0.1, 0.15) is 11.5 Å². The van der Waals surface area contributed by atoms with Gasteiger partial charge in [-0.2, -0.15) is 13.2 Å². The lowest BCUT2D eigenvalue weighted by Crippen LogP contribution is -2.11. The Hall–Kier alpha value is -2.44. The van der Waals surface area contributed by atoms with Crippen LogP contribution in [0.2, 0.25) is 0 Å². The maximum Gasteiger partial charge on any atom is 0.433 e. The molecular formula is C18H23F3N2O2. The Kier molecular flexibility index (Phi) is 7.54. The van der Waals surface area contributed by atoms with Gasteiger partial charge in [-0.15, -0.1) is 0 Å². The van der Waals surface area contributed by atoms with E-state index in [1.807, 2.05) is 13.8 Å². The number of nitrogens with one attached hydrogen (secondary N) is 1. The molecule has 0 saturated carbocycles. The van der Waals surface area contributed by atoms with Crippen molar-refractivity contribution >= 4 is 5.82 Å². The maximum atomic E-state index is 12.8. The zero-order valence-corrected chi connectivity index (χ0v) is 15.0. The average Bonchev–Trinajstić information content (AvgIpc) is 2.60. The molecule has 0 amide bonds. The third-order valence-corrected chi connectivity index (χ3v) is 3.18. The summed E-state index contributed by atoms with van der Waals surface area (Å²) in [5.41, 5.74) is 0.411. The van der Waals surface area contributed by atoms with Crippen LogP contribution in [0.4, 0.5) is 19.0 Å². The molecule has 1 heterocycles. The molecule has 0 saturated heterocycles. The van der Waals surface area contributed by atoms with Crippen molar-refractivity contribution in [1.82, 2.24) is 4.98 Å². The van der Waals surface area contributed by atoms with Crippen molar-refractivity contribution in [1.29, 1.82) is 0 Å². The quantitative estimate of drug-likeness (QED) is 0.813. The fraction of sp³-hybridized carbons (Fsp3) is 0.389. The van der Waals surface area contributed by atoms with E-state index in [1.54, 1.807) is 31.2 Å². The first-order valence-electron chi connectivity index (χ1n) is 7.84. The molecule has 0 spiro atoms. The fourth-order valence-electron chi connectivity index (χ4n) is 2.09. The monoisotopic (exact) mass is 356 g/mol. The average molecular weight is 356 g/mol. The summed E-state index contributed by atoms with van der Waals surface area (Å²) in [6.45, 7) is 5.91. The molecule has 0 bridgehead atoms. The molecule has 1 N–H and O–H groups in total. The third kappa shape index (κ3) is 5.85. The summed E-state index contributed by atoms with van der Waals surface area (Å²) in [5.74, 6) is 1.32. The summed E-state index contributed by atoms with van der Waals surface area (Å²) in [7, 11) is 3.05. The Morgan fingerprint density at radius 2 is 1.64 bits per heavy atom. The second-order valence-electron chi connectivity index (χ2n) is 4.96. The van der Waals surface area contributed by atoms with Gasteiger partial charge in [0.05, 0.1) is 14.2 Å². The molecule has 1 aromatic carbocycles. The van der Waals surface area contributed by atoms with Crippen LogP contribution in [0, 0.1) is 6.92 Å². The zero-order valence-electron chi connectivity index (χ0n) is 15.0. The molecule has 0 fully saturated rings. The molecule has 2 aromatic rings. The number of rotatable bonds is 5. The molecule has 0 aliphatic rings. The van der Waals surface area contributed by atoms with Crippen molar-refractivity contribution in [3.05, 3.63) is 47.2 Å². The highest BCUT2D eigenvalue weighted by Gasteiger charge is 2.32. The van der Waals surface area contributed by atoms with Crippen molar-refractivity contribution in [2.24, 2.45) is 0 Å². The minimum atomic E-state index is -4.47. The van der Waals surface area contributed by atoms with Crippen LogP contribution >= 0.6 is 0 Å². The SMILES string of the molecule is CC.COc1ccc(CNc2cc(C)cc(C(F)(F)F)n2)cc1OC. The second-order valence-corrected chi connectivity index (χ2v) is 4.96. The predicted octanol–water partition coefficient (Wildman–Crippen LogP) is 5.06. The van der Waals surface area contributed by atoms with Crippen molar-refractivity contribution in [2.45, 2.75) is 33.5 Å². The van der Waals surface area contributed by atoms with Gasteiger partial charge < -0.3 is 14.8 Å². The second kappa shape index (κ2) is 9.15. The number of halogens is 3. The minimum absolute atomic E-state index is 0.173. The first kappa shape index (κ1) is 20.6. The number of ether oxygens (including phenoxy) is 2. The van der Waals surface area contributed by atoms with Gasteiger partial charge in [-0.05, 0) is 42.3 Å². The molecule has 25 heavy (non-hydrogen) atoms.